The van der Waals surface area contributed by atoms with Gasteiger partial charge >= 0.3 is 0 Å². The van der Waals surface area contributed by atoms with Crippen molar-refractivity contribution in [2.75, 3.05) is 5.32 Å². The van der Waals surface area contributed by atoms with Crippen molar-refractivity contribution in [3.05, 3.63) is 72.3 Å². The molecule has 2 N–H and O–H groups in total. The molecule has 0 aliphatic rings. The maximum Gasteiger partial charge on any atom is 0.272 e. The Kier molecular flexibility index (Phi) is 3.05. The SMILES string of the molecule is O=C(Nc1cccc2cccnc12)c1cc2c(F)cccc2[nH]1. The van der Waals surface area contributed by atoms with Gasteiger partial charge in [-0.15, -0.1) is 0 Å². The lowest BCUT2D eigenvalue weighted by Gasteiger charge is -2.06. The van der Waals surface area contributed by atoms with Crippen LogP contribution in [0.25, 0.3) is 21.8 Å². The Balaban J connectivity index is 1.72. The molecule has 0 saturated heterocycles. The summed E-state index contributed by atoms with van der Waals surface area (Å²) in [5, 5.41) is 4.16. The summed E-state index contributed by atoms with van der Waals surface area (Å²) in [6.45, 7) is 0. The van der Waals surface area contributed by atoms with Gasteiger partial charge in [0.2, 0.25) is 0 Å². The Morgan fingerprint density at radius 1 is 1.09 bits per heavy atom. The summed E-state index contributed by atoms with van der Waals surface area (Å²) in [6, 6.07) is 15.5. The topological polar surface area (TPSA) is 57.8 Å². The van der Waals surface area contributed by atoms with Gasteiger partial charge in [-0.2, -0.15) is 0 Å². The van der Waals surface area contributed by atoms with Crippen LogP contribution in [-0.2, 0) is 0 Å². The van der Waals surface area contributed by atoms with Crippen molar-refractivity contribution in [3.63, 3.8) is 0 Å². The minimum absolute atomic E-state index is 0.304. The summed E-state index contributed by atoms with van der Waals surface area (Å²) >= 11 is 0. The molecule has 5 heteroatoms. The average Bonchev–Trinajstić information content (AvgIpc) is 3.01. The lowest BCUT2D eigenvalue weighted by Crippen LogP contribution is -2.12. The number of rotatable bonds is 2. The van der Waals surface area contributed by atoms with Crippen LogP contribution < -0.4 is 5.32 Å². The number of fused-ring (bicyclic) bond motifs is 2. The number of carbonyl (C=O) groups is 1. The van der Waals surface area contributed by atoms with E-state index in [0.29, 0.717) is 27.8 Å². The maximum atomic E-state index is 13.7. The van der Waals surface area contributed by atoms with Gasteiger partial charge in [-0.3, -0.25) is 9.78 Å². The largest absolute Gasteiger partial charge is 0.350 e. The first-order valence-electron chi connectivity index (χ1n) is 7.15. The van der Waals surface area contributed by atoms with E-state index in [-0.39, 0.29) is 11.7 Å². The van der Waals surface area contributed by atoms with Gasteiger partial charge in [0, 0.05) is 22.5 Å². The molecule has 0 unspecified atom stereocenters. The molecule has 2 aromatic carbocycles. The number of nitrogens with one attached hydrogen (secondary N) is 2. The van der Waals surface area contributed by atoms with Crippen molar-refractivity contribution < 1.29 is 9.18 Å². The second-order valence-corrected chi connectivity index (χ2v) is 5.22. The van der Waals surface area contributed by atoms with Crippen LogP contribution in [0.15, 0.2) is 60.8 Å². The first-order chi connectivity index (χ1) is 11.2. The van der Waals surface area contributed by atoms with Crippen molar-refractivity contribution in [2.45, 2.75) is 0 Å². The van der Waals surface area contributed by atoms with Gasteiger partial charge in [-0.05, 0) is 30.3 Å². The van der Waals surface area contributed by atoms with Gasteiger partial charge < -0.3 is 10.3 Å². The molecule has 0 fully saturated rings. The number of aromatic nitrogens is 2. The van der Waals surface area contributed by atoms with Crippen molar-refractivity contribution >= 4 is 33.4 Å². The van der Waals surface area contributed by atoms with Gasteiger partial charge in [-0.1, -0.05) is 24.3 Å². The minimum Gasteiger partial charge on any atom is -0.350 e. The molecule has 4 nitrogen and oxygen atoms in total. The van der Waals surface area contributed by atoms with E-state index < -0.39 is 0 Å². The highest BCUT2D eigenvalue weighted by Crippen LogP contribution is 2.23. The van der Waals surface area contributed by atoms with Gasteiger partial charge in [-0.25, -0.2) is 4.39 Å². The molecule has 2 heterocycles. The molecular formula is C18H12FN3O. The Hall–Kier alpha value is -3.21. The first-order valence-corrected chi connectivity index (χ1v) is 7.15. The minimum atomic E-state index is -0.357. The second kappa shape index (κ2) is 5.21. The molecule has 2 aromatic heterocycles. The summed E-state index contributed by atoms with van der Waals surface area (Å²) in [7, 11) is 0. The Labute approximate surface area is 131 Å². The highest BCUT2D eigenvalue weighted by molar-refractivity contribution is 6.09. The zero-order valence-corrected chi connectivity index (χ0v) is 12.0. The van der Waals surface area contributed by atoms with Crippen molar-refractivity contribution in [1.82, 2.24) is 9.97 Å². The smallest absolute Gasteiger partial charge is 0.272 e. The van der Waals surface area contributed by atoms with Crippen LogP contribution in [0.2, 0.25) is 0 Å². The molecule has 0 spiro atoms. The molecule has 1 amide bonds. The Morgan fingerprint density at radius 2 is 1.91 bits per heavy atom. The van der Waals surface area contributed by atoms with Crippen LogP contribution in [-0.4, -0.2) is 15.9 Å². The van der Waals surface area contributed by atoms with E-state index in [9.17, 15) is 9.18 Å². The molecule has 0 bridgehead atoms. The quantitative estimate of drug-likeness (QED) is 0.585. The molecule has 0 aliphatic heterocycles. The molecule has 0 radical (unpaired) electrons. The third-order valence-electron chi connectivity index (χ3n) is 3.74. The zero-order chi connectivity index (χ0) is 15.8. The number of carbonyl (C=O) groups excluding carboxylic acids is 1. The van der Waals surface area contributed by atoms with Crippen LogP contribution in [0, 0.1) is 5.82 Å². The third kappa shape index (κ3) is 2.32. The second-order valence-electron chi connectivity index (χ2n) is 5.22. The van der Waals surface area contributed by atoms with Gasteiger partial charge in [0.1, 0.15) is 11.5 Å². The van der Waals surface area contributed by atoms with Gasteiger partial charge in [0.05, 0.1) is 11.2 Å². The normalized spacial score (nSPS) is 11.0. The number of amides is 1. The number of para-hydroxylation sites is 1. The summed E-state index contributed by atoms with van der Waals surface area (Å²) in [6.07, 6.45) is 1.68. The standard InChI is InChI=1S/C18H12FN3O/c19-13-6-2-7-14-12(13)10-16(21-14)18(23)22-15-8-1-4-11-5-3-9-20-17(11)15/h1-10,21H,(H,22,23). The number of pyridine rings is 1. The molecule has 4 rings (SSSR count). The summed E-state index contributed by atoms with van der Waals surface area (Å²) in [5.41, 5.74) is 2.22. The van der Waals surface area contributed by atoms with E-state index in [0.717, 1.165) is 5.39 Å². The molecule has 0 aliphatic carbocycles. The molecule has 112 valence electrons. The highest BCUT2D eigenvalue weighted by Gasteiger charge is 2.13. The van der Waals surface area contributed by atoms with E-state index in [1.807, 2.05) is 24.3 Å². The van der Waals surface area contributed by atoms with Gasteiger partial charge in [0.25, 0.3) is 5.91 Å². The highest BCUT2D eigenvalue weighted by atomic mass is 19.1. The number of anilines is 1. The van der Waals surface area contributed by atoms with Crippen LogP contribution in [0.5, 0.6) is 0 Å². The summed E-state index contributed by atoms with van der Waals surface area (Å²) in [4.78, 5) is 19.7. The Morgan fingerprint density at radius 3 is 2.78 bits per heavy atom. The fraction of sp³-hybridized carbons (Fsp3) is 0. The predicted molar refractivity (Wildman–Crippen MR) is 88.0 cm³/mol. The molecule has 23 heavy (non-hydrogen) atoms. The van der Waals surface area contributed by atoms with Crippen molar-refractivity contribution in [3.8, 4) is 0 Å². The number of halogens is 1. The molecular weight excluding hydrogens is 293 g/mol. The zero-order valence-electron chi connectivity index (χ0n) is 12.0. The lowest BCUT2D eigenvalue weighted by atomic mass is 10.2. The van der Waals surface area contributed by atoms with E-state index in [1.165, 1.54) is 12.1 Å². The van der Waals surface area contributed by atoms with E-state index in [2.05, 4.69) is 15.3 Å². The van der Waals surface area contributed by atoms with Crippen LogP contribution in [0.1, 0.15) is 10.5 Å². The van der Waals surface area contributed by atoms with Gasteiger partial charge in [0.15, 0.2) is 0 Å². The van der Waals surface area contributed by atoms with E-state index in [4.69, 9.17) is 0 Å². The molecule has 4 aromatic rings. The third-order valence-corrected chi connectivity index (χ3v) is 3.74. The monoisotopic (exact) mass is 305 g/mol. The molecule has 0 atom stereocenters. The number of H-pyrrole nitrogens is 1. The lowest BCUT2D eigenvalue weighted by molar-refractivity contribution is 0.102. The maximum absolute atomic E-state index is 13.7. The number of aromatic amines is 1. The van der Waals surface area contributed by atoms with E-state index in [1.54, 1.807) is 24.4 Å². The number of hydrogen-bond donors (Lipinski definition) is 2. The fourth-order valence-corrected chi connectivity index (χ4v) is 2.64. The van der Waals surface area contributed by atoms with Crippen LogP contribution >= 0.6 is 0 Å². The average molecular weight is 305 g/mol. The predicted octanol–water partition coefficient (Wildman–Crippen LogP) is 4.11. The molecule has 0 saturated carbocycles. The number of benzene rings is 2. The number of hydrogen-bond acceptors (Lipinski definition) is 2. The first kappa shape index (κ1) is 13.5. The summed E-state index contributed by atoms with van der Waals surface area (Å²) in [5.74, 6) is -0.691. The van der Waals surface area contributed by atoms with Crippen LogP contribution in [0.3, 0.4) is 0 Å². The summed E-state index contributed by atoms with van der Waals surface area (Å²) < 4.78 is 13.7. The fourth-order valence-electron chi connectivity index (χ4n) is 2.64. The van der Waals surface area contributed by atoms with Crippen LogP contribution in [0.4, 0.5) is 10.1 Å². The van der Waals surface area contributed by atoms with Crippen molar-refractivity contribution in [1.29, 1.82) is 0 Å². The van der Waals surface area contributed by atoms with Crippen molar-refractivity contribution in [2.24, 2.45) is 0 Å². The van der Waals surface area contributed by atoms with E-state index >= 15 is 0 Å². The number of nitrogens with zero attached hydrogens (tertiary/aromatic N) is 1. The Bertz CT molecular complexity index is 1030.